The lowest BCUT2D eigenvalue weighted by atomic mass is 9.94. The summed E-state index contributed by atoms with van der Waals surface area (Å²) in [5.41, 5.74) is 0.172. The van der Waals surface area contributed by atoms with Gasteiger partial charge in [0, 0.05) is 20.0 Å². The number of esters is 1. The first kappa shape index (κ1) is 25.9. The summed E-state index contributed by atoms with van der Waals surface area (Å²) in [4.78, 5) is 38.7. The predicted molar refractivity (Wildman–Crippen MR) is 127 cm³/mol. The summed E-state index contributed by atoms with van der Waals surface area (Å²) >= 11 is 0. The third-order valence-corrected chi connectivity index (χ3v) is 6.60. The molecule has 3 rings (SSSR count). The van der Waals surface area contributed by atoms with Gasteiger partial charge in [-0.1, -0.05) is 55.3 Å². The monoisotopic (exact) mass is 472 g/mol. The van der Waals surface area contributed by atoms with Gasteiger partial charge in [-0.25, -0.2) is 0 Å². The second-order valence-electron chi connectivity index (χ2n) is 9.23. The van der Waals surface area contributed by atoms with E-state index in [2.05, 4.69) is 10.6 Å². The number of hydrogen-bond acceptors (Lipinski definition) is 6. The highest BCUT2D eigenvalue weighted by molar-refractivity contribution is 5.86. The lowest BCUT2D eigenvalue weighted by molar-refractivity contribution is -0.153. The largest absolute Gasteiger partial charge is 0.455 e. The van der Waals surface area contributed by atoms with Crippen LogP contribution in [0.3, 0.4) is 0 Å². The van der Waals surface area contributed by atoms with Crippen LogP contribution in [0.25, 0.3) is 0 Å². The van der Waals surface area contributed by atoms with E-state index < -0.39 is 23.6 Å². The number of amides is 2. The number of aliphatic hydroxyl groups excluding tert-OH is 1. The summed E-state index contributed by atoms with van der Waals surface area (Å²) in [7, 11) is 1.52. The highest BCUT2D eigenvalue weighted by Gasteiger charge is 2.36. The molecule has 3 unspecified atom stereocenters. The molecular formula is C26H36N2O6. The smallest absolute Gasteiger partial charge is 0.306 e. The molecule has 1 aromatic rings. The molecule has 1 aliphatic carbocycles. The molecule has 2 amide bonds. The number of ether oxygens (including phenoxy) is 2. The van der Waals surface area contributed by atoms with Gasteiger partial charge in [-0.3, -0.25) is 14.4 Å². The number of benzene rings is 1. The van der Waals surface area contributed by atoms with Crippen LogP contribution in [0.2, 0.25) is 0 Å². The quantitative estimate of drug-likeness (QED) is 0.415. The molecule has 3 N–H and O–H groups in total. The van der Waals surface area contributed by atoms with Gasteiger partial charge >= 0.3 is 5.97 Å². The average Bonchev–Trinajstić information content (AvgIpc) is 3.30. The average molecular weight is 473 g/mol. The van der Waals surface area contributed by atoms with Gasteiger partial charge in [0.05, 0.1) is 30.7 Å². The molecule has 2 aliphatic rings. The van der Waals surface area contributed by atoms with Crippen LogP contribution in [0.5, 0.6) is 0 Å². The highest BCUT2D eigenvalue weighted by Crippen LogP contribution is 2.30. The minimum atomic E-state index is -0.716. The first-order chi connectivity index (χ1) is 16.5. The summed E-state index contributed by atoms with van der Waals surface area (Å²) in [5.74, 6) is -1.50. The number of carbonyl (C=O) groups is 3. The lowest BCUT2D eigenvalue weighted by Crippen LogP contribution is -2.51. The number of carbonyl (C=O) groups excluding carboxylic acids is 3. The predicted octanol–water partition coefficient (Wildman–Crippen LogP) is 2.57. The molecule has 0 bridgehead atoms. The van der Waals surface area contributed by atoms with E-state index in [4.69, 9.17) is 9.47 Å². The maximum Gasteiger partial charge on any atom is 0.306 e. The van der Waals surface area contributed by atoms with Gasteiger partial charge in [-0.2, -0.15) is 0 Å². The molecule has 1 saturated carbocycles. The van der Waals surface area contributed by atoms with Crippen LogP contribution >= 0.6 is 0 Å². The van der Waals surface area contributed by atoms with Crippen molar-refractivity contribution in [2.45, 2.75) is 69.1 Å². The standard InChI is InChI=1S/C26H36N2O6/c1-33-17-21-24(19-10-4-2-5-11-19)34-23(31)13-7-3-6-12-20(25(32)27-21)16-22(30)28-26(18-29)14-8-9-15-26/h2-6,10-11,20-21,24,29H,7-9,12-18H2,1H3,(H,27,32)(H,28,30). The Bertz CT molecular complexity index is 850. The number of cyclic esters (lactones) is 1. The van der Waals surface area contributed by atoms with E-state index >= 15 is 0 Å². The molecule has 0 radical (unpaired) electrons. The van der Waals surface area contributed by atoms with E-state index in [0.29, 0.717) is 12.8 Å². The maximum absolute atomic E-state index is 13.3. The fraction of sp³-hybridized carbons (Fsp3) is 0.577. The lowest BCUT2D eigenvalue weighted by Gasteiger charge is -2.31. The van der Waals surface area contributed by atoms with E-state index in [9.17, 15) is 19.5 Å². The zero-order chi connectivity index (χ0) is 24.4. The fourth-order valence-corrected chi connectivity index (χ4v) is 4.72. The molecule has 1 aliphatic heterocycles. The van der Waals surface area contributed by atoms with Crippen molar-refractivity contribution in [3.05, 3.63) is 48.0 Å². The molecule has 1 heterocycles. The van der Waals surface area contributed by atoms with Crippen LogP contribution in [-0.4, -0.2) is 54.8 Å². The molecule has 0 saturated heterocycles. The number of aliphatic hydroxyl groups is 1. The number of hydrogen-bond donors (Lipinski definition) is 3. The highest BCUT2D eigenvalue weighted by atomic mass is 16.5. The van der Waals surface area contributed by atoms with Gasteiger partial charge in [0.15, 0.2) is 0 Å². The van der Waals surface area contributed by atoms with Crippen molar-refractivity contribution in [1.29, 1.82) is 0 Å². The Morgan fingerprint density at radius 2 is 1.94 bits per heavy atom. The van der Waals surface area contributed by atoms with Gasteiger partial charge in [0.25, 0.3) is 0 Å². The van der Waals surface area contributed by atoms with Crippen LogP contribution in [-0.2, 0) is 23.9 Å². The Morgan fingerprint density at radius 1 is 1.21 bits per heavy atom. The van der Waals surface area contributed by atoms with Crippen LogP contribution in [0, 0.1) is 5.92 Å². The number of methoxy groups -OCH3 is 1. The van der Waals surface area contributed by atoms with Gasteiger partial charge < -0.3 is 25.2 Å². The molecule has 186 valence electrons. The van der Waals surface area contributed by atoms with E-state index in [1.54, 1.807) is 0 Å². The van der Waals surface area contributed by atoms with E-state index in [1.807, 2.05) is 42.5 Å². The Labute approximate surface area is 201 Å². The Balaban J connectivity index is 1.79. The molecule has 0 aromatic heterocycles. The summed E-state index contributed by atoms with van der Waals surface area (Å²) in [6.07, 6.45) is 7.47. The van der Waals surface area contributed by atoms with Crippen molar-refractivity contribution in [3.8, 4) is 0 Å². The van der Waals surface area contributed by atoms with Gasteiger partial charge in [0.2, 0.25) is 11.8 Å². The molecule has 3 atom stereocenters. The van der Waals surface area contributed by atoms with E-state index in [-0.39, 0.29) is 43.8 Å². The summed E-state index contributed by atoms with van der Waals surface area (Å²) < 4.78 is 11.1. The van der Waals surface area contributed by atoms with E-state index in [1.165, 1.54) is 7.11 Å². The molecular weight excluding hydrogens is 436 g/mol. The van der Waals surface area contributed by atoms with E-state index in [0.717, 1.165) is 31.2 Å². The second-order valence-corrected chi connectivity index (χ2v) is 9.23. The maximum atomic E-state index is 13.3. The molecule has 0 spiro atoms. The SMILES string of the molecule is COCC1NC(=O)C(CC(=O)NC2(CO)CCCC2)CC=CCCC(=O)OC1c1ccccc1. The van der Waals surface area contributed by atoms with Gasteiger partial charge in [-0.05, 0) is 31.2 Å². The third-order valence-electron chi connectivity index (χ3n) is 6.60. The van der Waals surface area contributed by atoms with Crippen molar-refractivity contribution >= 4 is 17.8 Å². The molecule has 8 nitrogen and oxygen atoms in total. The Morgan fingerprint density at radius 3 is 2.62 bits per heavy atom. The second kappa shape index (κ2) is 12.7. The minimum absolute atomic E-state index is 0.00736. The van der Waals surface area contributed by atoms with Crippen LogP contribution < -0.4 is 10.6 Å². The summed E-state index contributed by atoms with van der Waals surface area (Å²) in [6, 6.07) is 8.64. The normalized spacial score (nSPS) is 25.5. The van der Waals surface area contributed by atoms with Crippen LogP contribution in [0.4, 0.5) is 0 Å². The molecule has 8 heteroatoms. The van der Waals surface area contributed by atoms with Crippen molar-refractivity contribution in [3.63, 3.8) is 0 Å². The summed E-state index contributed by atoms with van der Waals surface area (Å²) in [5, 5.41) is 15.8. The Hall–Kier alpha value is -2.71. The molecule has 1 aromatic carbocycles. The van der Waals surface area contributed by atoms with Crippen molar-refractivity contribution in [2.75, 3.05) is 20.3 Å². The van der Waals surface area contributed by atoms with Gasteiger partial charge in [0.1, 0.15) is 6.10 Å². The zero-order valence-electron chi connectivity index (χ0n) is 19.8. The molecule has 34 heavy (non-hydrogen) atoms. The van der Waals surface area contributed by atoms with Crippen LogP contribution in [0.1, 0.15) is 63.0 Å². The van der Waals surface area contributed by atoms with Crippen molar-refractivity contribution < 1.29 is 29.0 Å². The first-order valence-corrected chi connectivity index (χ1v) is 12.1. The number of rotatable bonds is 7. The summed E-state index contributed by atoms with van der Waals surface area (Å²) in [6.45, 7) is 0.0382. The number of allylic oxidation sites excluding steroid dienone is 2. The topological polar surface area (TPSA) is 114 Å². The Kier molecular flexibility index (Phi) is 9.65. The zero-order valence-corrected chi connectivity index (χ0v) is 19.8. The fourth-order valence-electron chi connectivity index (χ4n) is 4.72. The van der Waals surface area contributed by atoms with Crippen molar-refractivity contribution in [1.82, 2.24) is 10.6 Å². The van der Waals surface area contributed by atoms with Gasteiger partial charge in [-0.15, -0.1) is 0 Å². The molecule has 1 fully saturated rings. The third kappa shape index (κ3) is 7.14. The first-order valence-electron chi connectivity index (χ1n) is 12.1. The van der Waals surface area contributed by atoms with Crippen LogP contribution in [0.15, 0.2) is 42.5 Å². The number of nitrogens with one attached hydrogen (secondary N) is 2. The minimum Gasteiger partial charge on any atom is -0.455 e. The van der Waals surface area contributed by atoms with Crippen molar-refractivity contribution in [2.24, 2.45) is 5.92 Å².